The van der Waals surface area contributed by atoms with Crippen molar-refractivity contribution in [2.75, 3.05) is 6.61 Å². The van der Waals surface area contributed by atoms with Gasteiger partial charge in [-0.2, -0.15) is 4.98 Å². The lowest BCUT2D eigenvalue weighted by Gasteiger charge is -2.09. The third-order valence-corrected chi connectivity index (χ3v) is 3.21. The number of aromatic nitrogens is 2. The zero-order chi connectivity index (χ0) is 13.0. The van der Waals surface area contributed by atoms with E-state index in [9.17, 15) is 4.79 Å². The van der Waals surface area contributed by atoms with Gasteiger partial charge in [0.25, 0.3) is 0 Å². The van der Waals surface area contributed by atoms with Gasteiger partial charge in [-0.05, 0) is 19.3 Å². The van der Waals surface area contributed by atoms with Gasteiger partial charge in [0.1, 0.15) is 6.61 Å². The third-order valence-electron chi connectivity index (χ3n) is 3.21. The summed E-state index contributed by atoms with van der Waals surface area (Å²) in [5, 5.41) is 12.9. The molecule has 1 aliphatic carbocycles. The van der Waals surface area contributed by atoms with Gasteiger partial charge in [0.05, 0.1) is 11.8 Å². The number of carboxylic acids is 1. The molecule has 18 heavy (non-hydrogen) atoms. The van der Waals surface area contributed by atoms with Crippen LogP contribution in [0.2, 0.25) is 0 Å². The fraction of sp³-hybridized carbons (Fsp3) is 0.750. The summed E-state index contributed by atoms with van der Waals surface area (Å²) in [7, 11) is 0. The number of hydrogen-bond donors (Lipinski definition) is 1. The first-order valence-corrected chi connectivity index (χ1v) is 6.35. The first-order valence-electron chi connectivity index (χ1n) is 6.35. The lowest BCUT2D eigenvalue weighted by Crippen LogP contribution is -2.17. The van der Waals surface area contributed by atoms with Crippen LogP contribution >= 0.6 is 0 Å². The number of hydrogen-bond acceptors (Lipinski definition) is 5. The Kier molecular flexibility index (Phi) is 4.30. The summed E-state index contributed by atoms with van der Waals surface area (Å²) in [6.07, 6.45) is 3.32. The van der Waals surface area contributed by atoms with Gasteiger partial charge in [0, 0.05) is 6.61 Å². The van der Waals surface area contributed by atoms with Crippen LogP contribution in [0.25, 0.3) is 0 Å². The number of rotatable bonds is 6. The van der Waals surface area contributed by atoms with Crippen LogP contribution < -0.4 is 0 Å². The number of ether oxygens (including phenoxy) is 1. The molecule has 6 nitrogen and oxygen atoms in total. The lowest BCUT2D eigenvalue weighted by atomic mass is 9.96. The molecule has 1 aliphatic rings. The van der Waals surface area contributed by atoms with Gasteiger partial charge in [-0.3, -0.25) is 4.79 Å². The van der Waals surface area contributed by atoms with Gasteiger partial charge >= 0.3 is 5.97 Å². The predicted molar refractivity (Wildman–Crippen MR) is 62.0 cm³/mol. The van der Waals surface area contributed by atoms with E-state index >= 15 is 0 Å². The summed E-state index contributed by atoms with van der Waals surface area (Å²) in [5.41, 5.74) is 0. The molecule has 0 saturated heterocycles. The summed E-state index contributed by atoms with van der Waals surface area (Å²) < 4.78 is 10.5. The highest BCUT2D eigenvalue weighted by molar-refractivity contribution is 5.71. The number of carbonyl (C=O) groups is 1. The Bertz CT molecular complexity index is 405. The van der Waals surface area contributed by atoms with E-state index in [4.69, 9.17) is 14.4 Å². The molecule has 1 fully saturated rings. The van der Waals surface area contributed by atoms with Crippen LogP contribution in [0.15, 0.2) is 4.52 Å². The molecule has 1 aromatic heterocycles. The molecule has 1 saturated carbocycles. The van der Waals surface area contributed by atoms with Crippen molar-refractivity contribution in [2.45, 2.75) is 45.1 Å². The van der Waals surface area contributed by atoms with Gasteiger partial charge in [-0.25, -0.2) is 0 Å². The van der Waals surface area contributed by atoms with Crippen molar-refractivity contribution in [1.29, 1.82) is 0 Å². The number of carboxylic acid groups (broad SMARTS) is 1. The fourth-order valence-electron chi connectivity index (χ4n) is 2.34. The van der Waals surface area contributed by atoms with Crippen molar-refractivity contribution in [3.8, 4) is 0 Å². The van der Waals surface area contributed by atoms with Crippen molar-refractivity contribution in [3.05, 3.63) is 11.7 Å². The van der Waals surface area contributed by atoms with E-state index in [2.05, 4.69) is 10.1 Å². The number of nitrogens with zero attached hydrogens (tertiary/aromatic N) is 2. The molecule has 2 unspecified atom stereocenters. The van der Waals surface area contributed by atoms with Crippen LogP contribution in [0, 0.1) is 5.92 Å². The molecule has 2 atom stereocenters. The molecule has 1 N–H and O–H groups in total. The Labute approximate surface area is 105 Å². The van der Waals surface area contributed by atoms with Gasteiger partial charge in [-0.15, -0.1) is 0 Å². The summed E-state index contributed by atoms with van der Waals surface area (Å²) in [6.45, 7) is 3.00. The van der Waals surface area contributed by atoms with Crippen LogP contribution in [0.3, 0.4) is 0 Å². The minimum absolute atomic E-state index is 0.144. The largest absolute Gasteiger partial charge is 0.481 e. The summed E-state index contributed by atoms with van der Waals surface area (Å²) in [4.78, 5) is 15.3. The second-order valence-corrected chi connectivity index (χ2v) is 4.58. The van der Waals surface area contributed by atoms with Gasteiger partial charge in [0.15, 0.2) is 5.82 Å². The predicted octanol–water partition coefficient (Wildman–Crippen LogP) is 1.96. The summed E-state index contributed by atoms with van der Waals surface area (Å²) >= 11 is 0. The van der Waals surface area contributed by atoms with E-state index in [1.807, 2.05) is 6.92 Å². The molecule has 6 heteroatoms. The first kappa shape index (κ1) is 13.0. The van der Waals surface area contributed by atoms with Crippen LogP contribution in [0.5, 0.6) is 0 Å². The van der Waals surface area contributed by atoms with E-state index in [0.29, 0.717) is 31.3 Å². The van der Waals surface area contributed by atoms with Crippen LogP contribution in [-0.2, 0) is 16.1 Å². The second-order valence-electron chi connectivity index (χ2n) is 4.58. The van der Waals surface area contributed by atoms with Crippen molar-refractivity contribution in [3.63, 3.8) is 0 Å². The highest BCUT2D eigenvalue weighted by Crippen LogP contribution is 2.38. The van der Waals surface area contributed by atoms with Gasteiger partial charge < -0.3 is 14.4 Å². The minimum Gasteiger partial charge on any atom is -0.481 e. The topological polar surface area (TPSA) is 85.5 Å². The van der Waals surface area contributed by atoms with E-state index in [-0.39, 0.29) is 5.92 Å². The molecule has 0 radical (unpaired) electrons. The van der Waals surface area contributed by atoms with Crippen molar-refractivity contribution in [1.82, 2.24) is 10.1 Å². The van der Waals surface area contributed by atoms with E-state index < -0.39 is 11.9 Å². The highest BCUT2D eigenvalue weighted by Gasteiger charge is 2.37. The Morgan fingerprint density at radius 1 is 1.56 bits per heavy atom. The molecule has 1 heterocycles. The normalized spacial score (nSPS) is 23.4. The van der Waals surface area contributed by atoms with Gasteiger partial charge in [0.2, 0.25) is 5.89 Å². The Morgan fingerprint density at radius 2 is 2.39 bits per heavy atom. The third kappa shape index (κ3) is 2.87. The quantitative estimate of drug-likeness (QED) is 0.781. The molecular formula is C12H18N2O4. The summed E-state index contributed by atoms with van der Waals surface area (Å²) in [6, 6.07) is 0. The van der Waals surface area contributed by atoms with Crippen molar-refractivity contribution >= 4 is 5.97 Å². The smallest absolute Gasteiger partial charge is 0.307 e. The number of aliphatic carboxylic acids is 1. The molecular weight excluding hydrogens is 236 g/mol. The minimum atomic E-state index is -0.778. The van der Waals surface area contributed by atoms with Crippen molar-refractivity contribution < 1.29 is 19.2 Å². The monoisotopic (exact) mass is 254 g/mol. The Balaban J connectivity index is 1.98. The summed E-state index contributed by atoms with van der Waals surface area (Å²) in [5.74, 6) is -0.381. The van der Waals surface area contributed by atoms with E-state index in [1.165, 1.54) is 0 Å². The molecule has 0 aliphatic heterocycles. The van der Waals surface area contributed by atoms with E-state index in [0.717, 1.165) is 19.3 Å². The molecule has 0 spiro atoms. The van der Waals surface area contributed by atoms with Crippen LogP contribution in [0.1, 0.15) is 50.2 Å². The molecule has 100 valence electrons. The molecule has 0 bridgehead atoms. The van der Waals surface area contributed by atoms with Crippen molar-refractivity contribution in [2.24, 2.45) is 5.92 Å². The highest BCUT2D eigenvalue weighted by atomic mass is 16.5. The average molecular weight is 254 g/mol. The standard InChI is InChI=1S/C12H18N2O4/c1-2-6-17-7-10-13-11(18-14-10)8-4-3-5-9(8)12(15)16/h8-9H,2-7H2,1H3,(H,15,16). The molecule has 1 aromatic rings. The maximum Gasteiger partial charge on any atom is 0.307 e. The Morgan fingerprint density at radius 3 is 3.11 bits per heavy atom. The zero-order valence-electron chi connectivity index (χ0n) is 10.5. The second kappa shape index (κ2) is 5.95. The first-order chi connectivity index (χ1) is 8.72. The van der Waals surface area contributed by atoms with Gasteiger partial charge in [-0.1, -0.05) is 18.5 Å². The fourth-order valence-corrected chi connectivity index (χ4v) is 2.34. The van der Waals surface area contributed by atoms with E-state index in [1.54, 1.807) is 0 Å². The molecule has 0 aromatic carbocycles. The Hall–Kier alpha value is -1.43. The molecule has 2 rings (SSSR count). The maximum absolute atomic E-state index is 11.1. The molecule has 0 amide bonds. The lowest BCUT2D eigenvalue weighted by molar-refractivity contribution is -0.142. The average Bonchev–Trinajstić information content (AvgIpc) is 2.96. The maximum atomic E-state index is 11.1. The van der Waals surface area contributed by atoms with Crippen LogP contribution in [0.4, 0.5) is 0 Å². The van der Waals surface area contributed by atoms with Crippen LogP contribution in [-0.4, -0.2) is 27.8 Å². The SMILES string of the molecule is CCCOCc1noc(C2CCCC2C(=O)O)n1. The zero-order valence-corrected chi connectivity index (χ0v) is 10.5.